The quantitative estimate of drug-likeness (QED) is 0.0756. The Morgan fingerprint density at radius 3 is 1.35 bits per heavy atom. The molecule has 5 rings (SSSR count). The summed E-state index contributed by atoms with van der Waals surface area (Å²) < 4.78 is 1.49. The number of unbranched alkanes of at least 4 members (excludes halogenated alkanes) is 3. The first-order valence-electron chi connectivity index (χ1n) is 18.1. The summed E-state index contributed by atoms with van der Waals surface area (Å²) in [4.78, 5) is 0. The van der Waals surface area contributed by atoms with Crippen molar-refractivity contribution in [3.05, 3.63) is 165 Å². The molecule has 1 aliphatic rings. The molecule has 2 nitrogen and oxygen atoms in total. The minimum atomic E-state index is 0. The third-order valence-corrected chi connectivity index (χ3v) is 8.47. The smallest absolute Gasteiger partial charge is 0.493 e. The molecule has 3 heteroatoms. The third-order valence-electron chi connectivity index (χ3n) is 8.47. The van der Waals surface area contributed by atoms with E-state index in [9.17, 15) is 5.53 Å². The number of rotatable bonds is 13. The monoisotopic (exact) mass is 694 g/mol. The summed E-state index contributed by atoms with van der Waals surface area (Å²) in [5, 5.41) is 0. The van der Waals surface area contributed by atoms with Crippen molar-refractivity contribution in [1.82, 2.24) is 0 Å². The minimum Gasteiger partial charge on any atom is -0.493 e. The van der Waals surface area contributed by atoms with Crippen LogP contribution in [-0.4, -0.2) is 4.70 Å². The number of hydrogen-bond donors (Lipinski definition) is 0. The molecule has 1 heterocycles. The van der Waals surface area contributed by atoms with E-state index < -0.39 is 0 Å². The molecule has 4 aromatic rings. The van der Waals surface area contributed by atoms with Gasteiger partial charge in [-0.25, -0.2) is 4.70 Å². The average Bonchev–Trinajstić information content (AvgIpc) is 3.39. The van der Waals surface area contributed by atoms with Crippen molar-refractivity contribution in [1.29, 1.82) is 0 Å². The maximum atomic E-state index is 11.6. The minimum absolute atomic E-state index is 0. The van der Waals surface area contributed by atoms with E-state index in [0.29, 0.717) is 0 Å². The van der Waals surface area contributed by atoms with Crippen LogP contribution in [0.1, 0.15) is 119 Å². The standard InChI is InChI=1S/C32H42N2.2C7H7.Ni/c1-5-9-13-25-17-21-27(22-18-25)31-29(15-11-7-3)30(16-12-8-4)32(34(31)33)28-23-19-26(20-24-28)14-10-6-2;2*1-7-5-3-2-4-6-7;/h9,13,17-24H,5-8,10-12,14-16H2,1-4H3;2*3-6H,1H3;/q;2*-1;+2. The molecule has 0 fully saturated rings. The summed E-state index contributed by atoms with van der Waals surface area (Å²) in [6.07, 6.45) is 15.5. The van der Waals surface area contributed by atoms with Crippen LogP contribution in [-0.2, 0) is 22.9 Å². The SMILES string of the molecule is CCC=Cc1ccc(C2=C(CCCC)C(CCCC)=C(c3ccc(CCCC)cc3)[N+]2=[N-])cc1.Cc1cc[c-]cc1.Cc1cc[c-]cc1.[Ni+2]. The van der Waals surface area contributed by atoms with E-state index in [1.807, 2.05) is 48.5 Å². The van der Waals surface area contributed by atoms with Gasteiger partial charge < -0.3 is 5.53 Å². The maximum Gasteiger partial charge on any atom is 2.00 e. The van der Waals surface area contributed by atoms with Gasteiger partial charge in [-0.15, -0.1) is 0 Å². The number of hydrogen-bond acceptors (Lipinski definition) is 0. The first-order valence-corrected chi connectivity index (χ1v) is 18.1. The molecule has 0 saturated carbocycles. The fourth-order valence-electron chi connectivity index (χ4n) is 5.65. The van der Waals surface area contributed by atoms with Crippen molar-refractivity contribution in [2.75, 3.05) is 0 Å². The zero-order chi connectivity index (χ0) is 34.6. The van der Waals surface area contributed by atoms with Gasteiger partial charge in [0, 0.05) is 22.3 Å². The van der Waals surface area contributed by atoms with Crippen LogP contribution in [0, 0.1) is 26.0 Å². The molecule has 0 N–H and O–H groups in total. The number of nitrogens with zero attached hydrogens (tertiary/aromatic N) is 2. The van der Waals surface area contributed by atoms with Gasteiger partial charge in [-0.2, -0.15) is 71.8 Å². The predicted octanol–water partition coefficient (Wildman–Crippen LogP) is 13.6. The zero-order valence-electron chi connectivity index (χ0n) is 30.7. The Labute approximate surface area is 308 Å². The van der Waals surface area contributed by atoms with E-state index in [1.165, 1.54) is 50.9 Å². The topological polar surface area (TPSA) is 25.3 Å². The van der Waals surface area contributed by atoms with E-state index in [4.69, 9.17) is 0 Å². The number of benzene rings is 4. The van der Waals surface area contributed by atoms with Crippen molar-refractivity contribution in [2.24, 2.45) is 0 Å². The second kappa shape index (κ2) is 23.5. The van der Waals surface area contributed by atoms with Gasteiger partial charge in [-0.3, -0.25) is 0 Å². The van der Waals surface area contributed by atoms with Gasteiger partial charge in [0.05, 0.1) is 0 Å². The number of aryl methyl sites for hydroxylation is 3. The summed E-state index contributed by atoms with van der Waals surface area (Å²) >= 11 is 0. The molecule has 49 heavy (non-hydrogen) atoms. The van der Waals surface area contributed by atoms with Crippen LogP contribution >= 0.6 is 0 Å². The van der Waals surface area contributed by atoms with Crippen LogP contribution in [0.3, 0.4) is 0 Å². The van der Waals surface area contributed by atoms with Gasteiger partial charge >= 0.3 is 16.5 Å². The van der Waals surface area contributed by atoms with Crippen LogP contribution in [0.2, 0.25) is 0 Å². The molecule has 0 saturated heterocycles. The van der Waals surface area contributed by atoms with Crippen LogP contribution in [0.4, 0.5) is 0 Å². The number of allylic oxidation sites excluding steroid dienone is 3. The zero-order valence-corrected chi connectivity index (χ0v) is 31.7. The molecule has 0 spiro atoms. The molecule has 0 aliphatic carbocycles. The fraction of sp³-hybridized carbons (Fsp3) is 0.348. The molecule has 0 bridgehead atoms. The van der Waals surface area contributed by atoms with E-state index in [1.54, 1.807) is 0 Å². The molecule has 4 aromatic carbocycles. The Morgan fingerprint density at radius 1 is 0.571 bits per heavy atom. The molecule has 0 unspecified atom stereocenters. The second-order valence-corrected chi connectivity index (χ2v) is 12.6. The van der Waals surface area contributed by atoms with Crippen molar-refractivity contribution >= 4 is 17.5 Å². The summed E-state index contributed by atoms with van der Waals surface area (Å²) in [6, 6.07) is 39.1. The molecule has 0 aromatic heterocycles. The Balaban J connectivity index is 0.000000456. The molecular weight excluding hydrogens is 639 g/mol. The summed E-state index contributed by atoms with van der Waals surface area (Å²) in [5.74, 6) is 0. The molecular formula is C46H56N2Ni. The van der Waals surface area contributed by atoms with Gasteiger partial charge in [0.1, 0.15) is 0 Å². The van der Waals surface area contributed by atoms with E-state index >= 15 is 0 Å². The summed E-state index contributed by atoms with van der Waals surface area (Å²) in [7, 11) is 0. The Kier molecular flexibility index (Phi) is 19.9. The van der Waals surface area contributed by atoms with Crippen molar-refractivity contribution in [3.8, 4) is 0 Å². The fourth-order valence-corrected chi connectivity index (χ4v) is 5.65. The molecule has 0 radical (unpaired) electrons. The van der Waals surface area contributed by atoms with Crippen molar-refractivity contribution < 1.29 is 21.2 Å². The van der Waals surface area contributed by atoms with Crippen LogP contribution in [0.5, 0.6) is 0 Å². The van der Waals surface area contributed by atoms with E-state index in [2.05, 4.69) is 114 Å². The Bertz CT molecular complexity index is 1560. The third kappa shape index (κ3) is 13.6. The van der Waals surface area contributed by atoms with Crippen molar-refractivity contribution in [2.45, 2.75) is 106 Å². The second-order valence-electron chi connectivity index (χ2n) is 12.6. The van der Waals surface area contributed by atoms with Gasteiger partial charge in [0.2, 0.25) is 11.4 Å². The van der Waals surface area contributed by atoms with E-state index in [0.717, 1.165) is 73.9 Å². The Morgan fingerprint density at radius 2 is 0.980 bits per heavy atom. The van der Waals surface area contributed by atoms with E-state index in [-0.39, 0.29) is 16.5 Å². The normalized spacial score (nSPS) is 12.3. The maximum absolute atomic E-state index is 11.6. The average molecular weight is 696 g/mol. The van der Waals surface area contributed by atoms with Crippen LogP contribution < -0.4 is 0 Å². The molecule has 0 atom stereocenters. The van der Waals surface area contributed by atoms with Gasteiger partial charge in [0.25, 0.3) is 0 Å². The van der Waals surface area contributed by atoms with Gasteiger partial charge in [-0.1, -0.05) is 97.2 Å². The molecule has 0 amide bonds. The Hall–Kier alpha value is -3.81. The summed E-state index contributed by atoms with van der Waals surface area (Å²) in [6.45, 7) is 13.0. The first kappa shape index (κ1) is 41.4. The summed E-state index contributed by atoms with van der Waals surface area (Å²) in [5.41, 5.74) is 23.6. The largest absolute Gasteiger partial charge is 2.00 e. The predicted molar refractivity (Wildman–Crippen MR) is 207 cm³/mol. The van der Waals surface area contributed by atoms with Crippen LogP contribution in [0.15, 0.2) is 114 Å². The molecule has 260 valence electrons. The first-order chi connectivity index (χ1) is 23.4. The van der Waals surface area contributed by atoms with Gasteiger partial charge in [-0.05, 0) is 80.3 Å². The van der Waals surface area contributed by atoms with Crippen LogP contribution in [0.25, 0.3) is 23.0 Å². The van der Waals surface area contributed by atoms with Crippen molar-refractivity contribution in [3.63, 3.8) is 0 Å². The molecule has 1 aliphatic heterocycles. The van der Waals surface area contributed by atoms with Gasteiger partial charge in [0.15, 0.2) is 0 Å².